The van der Waals surface area contributed by atoms with Crippen molar-refractivity contribution < 1.29 is 8.42 Å². The van der Waals surface area contributed by atoms with Gasteiger partial charge in [0, 0.05) is 23.6 Å². The summed E-state index contributed by atoms with van der Waals surface area (Å²) in [6, 6.07) is 5.27. The molecule has 1 aromatic carbocycles. The highest BCUT2D eigenvalue weighted by atomic mass is 79.9. The summed E-state index contributed by atoms with van der Waals surface area (Å²) < 4.78 is 26.8. The molecule has 0 amide bonds. The molecule has 0 bridgehead atoms. The summed E-state index contributed by atoms with van der Waals surface area (Å²) in [4.78, 5) is 0.326. The molecule has 0 unspecified atom stereocenters. The van der Waals surface area contributed by atoms with Gasteiger partial charge in [-0.05, 0) is 47.0 Å². The minimum absolute atomic E-state index is 0. The standard InChI is InChI=1S/C11H15BrN2O2S.ClH/c1-8-2-3-10(12)11(6-8)17(15,16)14-5-4-9(13)7-14;/h2-3,6,9H,4-5,7,13H2,1H3;1H/t9-;/m1./s1. The van der Waals surface area contributed by atoms with Gasteiger partial charge >= 0.3 is 0 Å². The van der Waals surface area contributed by atoms with Crippen LogP contribution in [0, 0.1) is 6.92 Å². The predicted molar refractivity (Wildman–Crippen MR) is 77.5 cm³/mol. The molecule has 1 aromatic rings. The molecule has 1 aliphatic heterocycles. The topological polar surface area (TPSA) is 63.4 Å². The normalized spacial score (nSPS) is 20.7. The van der Waals surface area contributed by atoms with E-state index in [0.717, 1.165) is 12.0 Å². The minimum Gasteiger partial charge on any atom is -0.326 e. The summed E-state index contributed by atoms with van der Waals surface area (Å²) >= 11 is 3.29. The van der Waals surface area contributed by atoms with E-state index in [0.29, 0.717) is 22.5 Å². The van der Waals surface area contributed by atoms with Crippen LogP contribution in [-0.2, 0) is 10.0 Å². The molecule has 1 heterocycles. The van der Waals surface area contributed by atoms with Gasteiger partial charge in [-0.2, -0.15) is 4.31 Å². The van der Waals surface area contributed by atoms with E-state index >= 15 is 0 Å². The Bertz CT molecular complexity index is 536. The van der Waals surface area contributed by atoms with Crippen molar-refractivity contribution in [1.82, 2.24) is 4.31 Å². The SMILES string of the molecule is Cc1ccc(Br)c(S(=O)(=O)N2CC[C@@H](N)C2)c1.Cl. The van der Waals surface area contributed by atoms with Crippen LogP contribution in [0.25, 0.3) is 0 Å². The van der Waals surface area contributed by atoms with Gasteiger partial charge in [0.25, 0.3) is 0 Å². The lowest BCUT2D eigenvalue weighted by Gasteiger charge is -2.17. The number of sulfonamides is 1. The maximum Gasteiger partial charge on any atom is 0.244 e. The predicted octanol–water partition coefficient (Wildman–Crippen LogP) is 1.90. The third kappa shape index (κ3) is 3.05. The van der Waals surface area contributed by atoms with Crippen LogP contribution in [0.3, 0.4) is 0 Å². The van der Waals surface area contributed by atoms with Crippen molar-refractivity contribution in [3.05, 3.63) is 28.2 Å². The third-order valence-electron chi connectivity index (χ3n) is 2.89. The molecule has 7 heteroatoms. The molecule has 1 saturated heterocycles. The van der Waals surface area contributed by atoms with Crippen molar-refractivity contribution in [2.45, 2.75) is 24.3 Å². The first-order valence-corrected chi connectivity index (χ1v) is 7.66. The fourth-order valence-corrected chi connectivity index (χ4v) is 4.44. The lowest BCUT2D eigenvalue weighted by Crippen LogP contribution is -2.32. The molecular weight excluding hydrogens is 340 g/mol. The van der Waals surface area contributed by atoms with E-state index < -0.39 is 10.0 Å². The van der Waals surface area contributed by atoms with Crippen LogP contribution < -0.4 is 5.73 Å². The van der Waals surface area contributed by atoms with E-state index in [1.807, 2.05) is 13.0 Å². The highest BCUT2D eigenvalue weighted by Gasteiger charge is 2.32. The molecule has 18 heavy (non-hydrogen) atoms. The largest absolute Gasteiger partial charge is 0.326 e. The van der Waals surface area contributed by atoms with Gasteiger partial charge in [-0.1, -0.05) is 6.07 Å². The first-order valence-electron chi connectivity index (χ1n) is 5.43. The Hall–Kier alpha value is -0.140. The molecular formula is C11H16BrClN2O2S. The lowest BCUT2D eigenvalue weighted by molar-refractivity contribution is 0.472. The van der Waals surface area contributed by atoms with Crippen molar-refractivity contribution in [2.24, 2.45) is 5.73 Å². The van der Waals surface area contributed by atoms with Crippen molar-refractivity contribution in [1.29, 1.82) is 0 Å². The molecule has 2 rings (SSSR count). The molecule has 1 aliphatic rings. The molecule has 0 aromatic heterocycles. The highest BCUT2D eigenvalue weighted by molar-refractivity contribution is 9.10. The van der Waals surface area contributed by atoms with Crippen LogP contribution in [0.15, 0.2) is 27.6 Å². The van der Waals surface area contributed by atoms with E-state index in [9.17, 15) is 8.42 Å². The second-order valence-electron chi connectivity index (χ2n) is 4.35. The number of benzene rings is 1. The van der Waals surface area contributed by atoms with Crippen LogP contribution in [0.2, 0.25) is 0 Å². The van der Waals surface area contributed by atoms with Crippen LogP contribution in [0.5, 0.6) is 0 Å². The van der Waals surface area contributed by atoms with Gasteiger partial charge in [0.2, 0.25) is 10.0 Å². The summed E-state index contributed by atoms with van der Waals surface area (Å²) in [7, 11) is -3.42. The average molecular weight is 356 g/mol. The smallest absolute Gasteiger partial charge is 0.244 e. The summed E-state index contributed by atoms with van der Waals surface area (Å²) in [5, 5.41) is 0. The van der Waals surface area contributed by atoms with E-state index in [4.69, 9.17) is 5.73 Å². The monoisotopic (exact) mass is 354 g/mol. The maximum absolute atomic E-state index is 12.4. The zero-order valence-electron chi connectivity index (χ0n) is 9.97. The van der Waals surface area contributed by atoms with Gasteiger partial charge in [0.1, 0.15) is 0 Å². The van der Waals surface area contributed by atoms with Crippen LogP contribution in [0.1, 0.15) is 12.0 Å². The number of hydrogen-bond acceptors (Lipinski definition) is 3. The van der Waals surface area contributed by atoms with E-state index in [2.05, 4.69) is 15.9 Å². The van der Waals surface area contributed by atoms with E-state index in [-0.39, 0.29) is 18.4 Å². The third-order valence-corrected chi connectivity index (χ3v) is 5.75. The van der Waals surface area contributed by atoms with Gasteiger partial charge in [-0.25, -0.2) is 8.42 Å². The molecule has 4 nitrogen and oxygen atoms in total. The summed E-state index contributed by atoms with van der Waals surface area (Å²) in [6.45, 7) is 2.79. The van der Waals surface area contributed by atoms with Crippen molar-refractivity contribution in [3.8, 4) is 0 Å². The Morgan fingerprint density at radius 3 is 2.67 bits per heavy atom. The molecule has 102 valence electrons. The minimum atomic E-state index is -3.42. The van der Waals surface area contributed by atoms with E-state index in [1.54, 1.807) is 12.1 Å². The zero-order valence-corrected chi connectivity index (χ0v) is 13.2. The molecule has 0 saturated carbocycles. The number of rotatable bonds is 2. The average Bonchev–Trinajstić information content (AvgIpc) is 2.69. The number of nitrogens with two attached hydrogens (primary N) is 1. The Morgan fingerprint density at radius 1 is 1.44 bits per heavy atom. The van der Waals surface area contributed by atoms with Crippen molar-refractivity contribution >= 4 is 38.4 Å². The quantitative estimate of drug-likeness (QED) is 0.881. The first kappa shape index (κ1) is 15.9. The molecule has 0 aliphatic carbocycles. The second-order valence-corrected chi connectivity index (χ2v) is 7.11. The number of halogens is 2. The number of hydrogen-bond donors (Lipinski definition) is 1. The Morgan fingerprint density at radius 2 is 2.11 bits per heavy atom. The van der Waals surface area contributed by atoms with Crippen LogP contribution >= 0.6 is 28.3 Å². The Labute approximate surface area is 122 Å². The van der Waals surface area contributed by atoms with Gasteiger partial charge in [0.05, 0.1) is 4.90 Å². The molecule has 0 radical (unpaired) electrons. The fraction of sp³-hybridized carbons (Fsp3) is 0.455. The van der Waals surface area contributed by atoms with Crippen molar-refractivity contribution in [3.63, 3.8) is 0 Å². The lowest BCUT2D eigenvalue weighted by atomic mass is 10.2. The summed E-state index contributed by atoms with van der Waals surface area (Å²) in [6.07, 6.45) is 0.725. The summed E-state index contributed by atoms with van der Waals surface area (Å²) in [5.41, 5.74) is 6.68. The molecule has 1 fully saturated rings. The molecule has 1 atom stereocenters. The maximum atomic E-state index is 12.4. The van der Waals surface area contributed by atoms with Gasteiger partial charge in [-0.3, -0.25) is 0 Å². The number of aryl methyl sites for hydroxylation is 1. The van der Waals surface area contributed by atoms with Gasteiger partial charge in [0.15, 0.2) is 0 Å². The van der Waals surface area contributed by atoms with Crippen LogP contribution in [0.4, 0.5) is 0 Å². The van der Waals surface area contributed by atoms with Crippen molar-refractivity contribution in [2.75, 3.05) is 13.1 Å². The number of nitrogens with zero attached hydrogens (tertiary/aromatic N) is 1. The highest BCUT2D eigenvalue weighted by Crippen LogP contribution is 2.27. The van der Waals surface area contributed by atoms with E-state index in [1.165, 1.54) is 4.31 Å². The Balaban J connectivity index is 0.00000162. The molecule has 2 N–H and O–H groups in total. The zero-order chi connectivity index (χ0) is 12.6. The van der Waals surface area contributed by atoms with Gasteiger partial charge in [-0.15, -0.1) is 12.4 Å². The first-order chi connectivity index (χ1) is 7.91. The Kier molecular flexibility index (Phi) is 5.20. The molecule has 0 spiro atoms. The summed E-state index contributed by atoms with van der Waals surface area (Å²) in [5.74, 6) is 0. The van der Waals surface area contributed by atoms with Crippen LogP contribution in [-0.4, -0.2) is 31.9 Å². The fourth-order valence-electron chi connectivity index (χ4n) is 1.92. The second kappa shape index (κ2) is 5.88. The van der Waals surface area contributed by atoms with Gasteiger partial charge < -0.3 is 5.73 Å².